The zero-order valence-corrected chi connectivity index (χ0v) is 14.7. The fraction of sp³-hybridized carbons (Fsp3) is 0.0526. The van der Waals surface area contributed by atoms with Gasteiger partial charge < -0.3 is 0 Å². The van der Waals surface area contributed by atoms with E-state index < -0.39 is 15.8 Å². The summed E-state index contributed by atoms with van der Waals surface area (Å²) in [5.74, 6) is -0.486. The Bertz CT molecular complexity index is 943. The summed E-state index contributed by atoms with van der Waals surface area (Å²) in [6.45, 7) is 0.155. The lowest BCUT2D eigenvalue weighted by Gasteiger charge is -2.25. The molecule has 0 radical (unpaired) electrons. The van der Waals surface area contributed by atoms with Crippen LogP contribution in [0.5, 0.6) is 0 Å². The highest BCUT2D eigenvalue weighted by molar-refractivity contribution is 7.92. The van der Waals surface area contributed by atoms with Gasteiger partial charge in [-0.2, -0.15) is 0 Å². The topological polar surface area (TPSA) is 37.4 Å². The smallest absolute Gasteiger partial charge is 0.262 e. The summed E-state index contributed by atoms with van der Waals surface area (Å²) in [5, 5.41) is 0.516. The van der Waals surface area contributed by atoms with E-state index in [9.17, 15) is 12.8 Å². The van der Waals surface area contributed by atoms with Crippen LogP contribution in [0.3, 0.4) is 0 Å². The number of hydrogen-bond acceptors (Lipinski definition) is 2. The van der Waals surface area contributed by atoms with E-state index in [-0.39, 0.29) is 11.4 Å². The van der Waals surface area contributed by atoms with E-state index in [0.717, 1.165) is 17.7 Å². The second-order valence-corrected chi connectivity index (χ2v) is 7.73. The Kier molecular flexibility index (Phi) is 5.06. The lowest BCUT2D eigenvalue weighted by atomic mass is 10.2. The van der Waals surface area contributed by atoms with Gasteiger partial charge in [0.2, 0.25) is 0 Å². The van der Waals surface area contributed by atoms with Gasteiger partial charge in [-0.25, -0.2) is 12.8 Å². The van der Waals surface area contributed by atoms with Crippen molar-refractivity contribution in [3.8, 4) is 0 Å². The summed E-state index contributed by atoms with van der Waals surface area (Å²) in [4.78, 5) is 0.0276. The minimum absolute atomic E-state index is 0.0276. The molecule has 3 aromatic rings. The van der Waals surface area contributed by atoms with Gasteiger partial charge in [-0.1, -0.05) is 41.9 Å². The van der Waals surface area contributed by atoms with E-state index in [4.69, 9.17) is 11.6 Å². The Balaban J connectivity index is 2.06. The molecular weight excluding hydrogens is 361 g/mol. The van der Waals surface area contributed by atoms with Gasteiger partial charge in [0.15, 0.2) is 0 Å². The number of rotatable bonds is 5. The van der Waals surface area contributed by atoms with E-state index in [1.807, 2.05) is 30.3 Å². The third kappa shape index (κ3) is 4.00. The van der Waals surface area contributed by atoms with Crippen molar-refractivity contribution < 1.29 is 12.8 Å². The van der Waals surface area contributed by atoms with Crippen LogP contribution < -0.4 is 4.31 Å². The van der Waals surface area contributed by atoms with Gasteiger partial charge in [0, 0.05) is 5.02 Å². The number of anilines is 1. The predicted molar refractivity (Wildman–Crippen MR) is 97.7 cm³/mol. The normalized spacial score (nSPS) is 11.3. The van der Waals surface area contributed by atoms with Crippen LogP contribution in [0.15, 0.2) is 83.8 Å². The molecule has 0 spiro atoms. The molecule has 0 fully saturated rings. The van der Waals surface area contributed by atoms with E-state index in [0.29, 0.717) is 10.7 Å². The summed E-state index contributed by atoms with van der Waals surface area (Å²) in [7, 11) is -3.86. The summed E-state index contributed by atoms with van der Waals surface area (Å²) in [5.41, 5.74) is 1.32. The quantitative estimate of drug-likeness (QED) is 0.637. The van der Waals surface area contributed by atoms with Gasteiger partial charge in [0.1, 0.15) is 5.82 Å². The van der Waals surface area contributed by atoms with Crippen molar-refractivity contribution in [2.24, 2.45) is 0 Å². The van der Waals surface area contributed by atoms with Crippen molar-refractivity contribution in [3.63, 3.8) is 0 Å². The lowest BCUT2D eigenvalue weighted by Crippen LogP contribution is -2.30. The fourth-order valence-electron chi connectivity index (χ4n) is 2.41. The van der Waals surface area contributed by atoms with E-state index in [2.05, 4.69) is 0 Å². The zero-order valence-electron chi connectivity index (χ0n) is 13.1. The van der Waals surface area contributed by atoms with Crippen LogP contribution >= 0.6 is 11.6 Å². The molecule has 0 N–H and O–H groups in total. The minimum Gasteiger partial charge on any atom is -0.262 e. The molecule has 25 heavy (non-hydrogen) atoms. The number of halogens is 2. The van der Waals surface area contributed by atoms with E-state index >= 15 is 0 Å². The van der Waals surface area contributed by atoms with E-state index in [1.165, 1.54) is 16.4 Å². The summed E-state index contributed by atoms with van der Waals surface area (Å²) < 4.78 is 40.7. The van der Waals surface area contributed by atoms with Crippen LogP contribution in [0, 0.1) is 5.82 Å². The maximum Gasteiger partial charge on any atom is 0.264 e. The van der Waals surface area contributed by atoms with Crippen LogP contribution in [-0.2, 0) is 16.6 Å². The Morgan fingerprint density at radius 1 is 0.840 bits per heavy atom. The van der Waals surface area contributed by atoms with Crippen molar-refractivity contribution in [2.45, 2.75) is 11.4 Å². The molecule has 0 aliphatic carbocycles. The van der Waals surface area contributed by atoms with Crippen LogP contribution in [0.2, 0.25) is 5.02 Å². The second kappa shape index (κ2) is 7.25. The maximum atomic E-state index is 13.2. The molecule has 0 unspecified atom stereocenters. The first-order valence-electron chi connectivity index (χ1n) is 7.54. The van der Waals surface area contributed by atoms with Gasteiger partial charge in [-0.3, -0.25) is 4.31 Å². The van der Waals surface area contributed by atoms with Gasteiger partial charge in [-0.05, 0) is 54.1 Å². The molecule has 0 aromatic heterocycles. The van der Waals surface area contributed by atoms with Crippen LogP contribution in [-0.4, -0.2) is 8.42 Å². The average molecular weight is 376 g/mol. The van der Waals surface area contributed by atoms with Crippen molar-refractivity contribution in [3.05, 3.63) is 95.3 Å². The van der Waals surface area contributed by atoms with Gasteiger partial charge in [0.05, 0.1) is 17.1 Å². The third-order valence-corrected chi connectivity index (χ3v) is 5.73. The largest absolute Gasteiger partial charge is 0.264 e. The van der Waals surface area contributed by atoms with Crippen molar-refractivity contribution in [2.75, 3.05) is 4.31 Å². The summed E-state index contributed by atoms with van der Waals surface area (Å²) >= 11 is 5.92. The first kappa shape index (κ1) is 17.5. The first-order valence-corrected chi connectivity index (χ1v) is 9.36. The molecule has 0 saturated heterocycles. The highest BCUT2D eigenvalue weighted by atomic mass is 35.5. The van der Waals surface area contributed by atoms with Gasteiger partial charge in [-0.15, -0.1) is 0 Å². The number of sulfonamides is 1. The molecule has 0 aliphatic rings. The van der Waals surface area contributed by atoms with Crippen molar-refractivity contribution in [1.82, 2.24) is 0 Å². The standard InChI is InChI=1S/C19H15ClFNO2S/c20-16-6-10-18(11-7-16)22(14-15-4-2-1-3-5-15)25(23,24)19-12-8-17(21)9-13-19/h1-13H,14H2. The van der Waals surface area contributed by atoms with Crippen LogP contribution in [0.1, 0.15) is 5.56 Å². The molecule has 0 bridgehead atoms. The molecule has 3 aromatic carbocycles. The van der Waals surface area contributed by atoms with Gasteiger partial charge in [0.25, 0.3) is 10.0 Å². The summed E-state index contributed by atoms with van der Waals surface area (Å²) in [6, 6.07) is 20.6. The Hall–Kier alpha value is -2.37. The number of benzene rings is 3. The second-order valence-electron chi connectivity index (χ2n) is 5.43. The minimum atomic E-state index is -3.86. The fourth-order valence-corrected chi connectivity index (χ4v) is 3.98. The molecule has 6 heteroatoms. The highest BCUT2D eigenvalue weighted by Gasteiger charge is 2.25. The lowest BCUT2D eigenvalue weighted by molar-refractivity contribution is 0.589. The Morgan fingerprint density at radius 2 is 1.44 bits per heavy atom. The molecule has 0 aliphatic heterocycles. The van der Waals surface area contributed by atoms with Crippen LogP contribution in [0.4, 0.5) is 10.1 Å². The molecule has 3 nitrogen and oxygen atoms in total. The van der Waals surface area contributed by atoms with Crippen molar-refractivity contribution >= 4 is 27.3 Å². The van der Waals surface area contributed by atoms with Crippen molar-refractivity contribution in [1.29, 1.82) is 0 Å². The van der Waals surface area contributed by atoms with Crippen LogP contribution in [0.25, 0.3) is 0 Å². The number of nitrogens with zero attached hydrogens (tertiary/aromatic N) is 1. The molecule has 0 heterocycles. The van der Waals surface area contributed by atoms with E-state index in [1.54, 1.807) is 24.3 Å². The first-order chi connectivity index (χ1) is 12.0. The summed E-state index contributed by atoms with van der Waals surface area (Å²) in [6.07, 6.45) is 0. The zero-order chi connectivity index (χ0) is 17.9. The monoisotopic (exact) mass is 375 g/mol. The number of hydrogen-bond donors (Lipinski definition) is 0. The predicted octanol–water partition coefficient (Wildman–Crippen LogP) is 4.87. The molecule has 0 amide bonds. The highest BCUT2D eigenvalue weighted by Crippen LogP contribution is 2.27. The average Bonchev–Trinajstić information content (AvgIpc) is 2.62. The maximum absolute atomic E-state index is 13.2. The molecule has 0 atom stereocenters. The molecular formula is C19H15ClFNO2S. The molecule has 0 saturated carbocycles. The molecule has 3 rings (SSSR count). The SMILES string of the molecule is O=S(=O)(c1ccc(F)cc1)N(Cc1ccccc1)c1ccc(Cl)cc1. The van der Waals surface area contributed by atoms with Gasteiger partial charge >= 0.3 is 0 Å². The Labute approximate surface area is 151 Å². The molecule has 128 valence electrons. The third-order valence-electron chi connectivity index (χ3n) is 3.69. The Morgan fingerprint density at radius 3 is 2.04 bits per heavy atom.